The number of hydroxylamine groups is 2. The molecule has 1 aliphatic rings. The van der Waals surface area contributed by atoms with Gasteiger partial charge in [-0.25, -0.2) is 5.06 Å². The number of benzene rings is 1. The second kappa shape index (κ2) is 10.6. The van der Waals surface area contributed by atoms with Crippen LogP contribution in [0.3, 0.4) is 0 Å². The van der Waals surface area contributed by atoms with Crippen LogP contribution >= 0.6 is 0 Å². The van der Waals surface area contributed by atoms with Crippen molar-refractivity contribution in [2.24, 2.45) is 11.8 Å². The van der Waals surface area contributed by atoms with Crippen LogP contribution in [0.25, 0.3) is 0 Å². The number of rotatable bonds is 8. The summed E-state index contributed by atoms with van der Waals surface area (Å²) in [6.45, 7) is 16.2. The molecule has 7 heteroatoms. The first-order valence-electron chi connectivity index (χ1n) is 11.2. The lowest BCUT2D eigenvalue weighted by Gasteiger charge is -2.44. The van der Waals surface area contributed by atoms with E-state index in [1.807, 2.05) is 30.3 Å². The average Bonchev–Trinajstić information content (AvgIpc) is 2.72. The first-order chi connectivity index (χ1) is 14.4. The van der Waals surface area contributed by atoms with E-state index in [4.69, 9.17) is 18.7 Å². The third kappa shape index (κ3) is 6.62. The molecule has 31 heavy (non-hydrogen) atoms. The van der Waals surface area contributed by atoms with Gasteiger partial charge >= 0.3 is 0 Å². The highest BCUT2D eigenvalue weighted by Crippen LogP contribution is 2.40. The number of hydrogen-bond donors (Lipinski definition) is 0. The van der Waals surface area contributed by atoms with Gasteiger partial charge in [0.1, 0.15) is 0 Å². The monoisotopic (exact) mass is 451 g/mol. The Morgan fingerprint density at radius 3 is 2.35 bits per heavy atom. The number of carbonyl (C=O) groups is 1. The minimum atomic E-state index is -1.86. The molecule has 1 amide bonds. The van der Waals surface area contributed by atoms with E-state index >= 15 is 0 Å². The summed E-state index contributed by atoms with van der Waals surface area (Å²) in [7, 11) is 1.25. The Morgan fingerprint density at radius 2 is 1.81 bits per heavy atom. The SMILES string of the molecule is CON(C)C(=O)C[C@@H]1O[C@H](c2ccccc2)O[C@H]([C@@H](C)CO[Si](C)(C)C(C)(C)C)[C@H]1C. The van der Waals surface area contributed by atoms with Crippen LogP contribution in [0.15, 0.2) is 30.3 Å². The highest BCUT2D eigenvalue weighted by Gasteiger charge is 2.43. The van der Waals surface area contributed by atoms with E-state index in [9.17, 15) is 4.79 Å². The van der Waals surface area contributed by atoms with Crippen LogP contribution in [0.4, 0.5) is 0 Å². The Bertz CT molecular complexity index is 706. The zero-order valence-corrected chi connectivity index (χ0v) is 21.7. The fourth-order valence-electron chi connectivity index (χ4n) is 3.50. The van der Waals surface area contributed by atoms with Crippen molar-refractivity contribution in [2.45, 2.75) is 77.7 Å². The van der Waals surface area contributed by atoms with Gasteiger partial charge in [-0.1, -0.05) is 65.0 Å². The van der Waals surface area contributed by atoms with E-state index in [0.717, 1.165) is 5.56 Å². The lowest BCUT2D eigenvalue weighted by atomic mass is 9.86. The van der Waals surface area contributed by atoms with Crippen molar-refractivity contribution in [1.82, 2.24) is 5.06 Å². The van der Waals surface area contributed by atoms with Crippen molar-refractivity contribution in [3.05, 3.63) is 35.9 Å². The maximum Gasteiger partial charge on any atom is 0.248 e. The summed E-state index contributed by atoms with van der Waals surface area (Å²) in [6.07, 6.45) is -0.632. The highest BCUT2D eigenvalue weighted by molar-refractivity contribution is 6.74. The fraction of sp³-hybridized carbons (Fsp3) is 0.708. The molecule has 0 aliphatic carbocycles. The minimum Gasteiger partial charge on any atom is -0.416 e. The average molecular weight is 452 g/mol. The van der Waals surface area contributed by atoms with Gasteiger partial charge in [-0.15, -0.1) is 0 Å². The highest BCUT2D eigenvalue weighted by atomic mass is 28.4. The van der Waals surface area contributed by atoms with E-state index in [1.54, 1.807) is 7.05 Å². The number of hydrogen-bond acceptors (Lipinski definition) is 5. The molecule has 1 heterocycles. The molecule has 1 aliphatic heterocycles. The topological polar surface area (TPSA) is 57.2 Å². The third-order valence-corrected chi connectivity index (χ3v) is 11.3. The van der Waals surface area contributed by atoms with Crippen LogP contribution in [-0.4, -0.2) is 52.3 Å². The summed E-state index contributed by atoms with van der Waals surface area (Å²) in [5.74, 6) is 0.0844. The predicted molar refractivity (Wildman–Crippen MR) is 125 cm³/mol. The molecule has 0 saturated carbocycles. The Balaban J connectivity index is 2.19. The molecule has 6 nitrogen and oxygen atoms in total. The second-order valence-corrected chi connectivity index (χ2v) is 15.0. The zero-order valence-electron chi connectivity index (χ0n) is 20.7. The zero-order chi connectivity index (χ0) is 23.4. The van der Waals surface area contributed by atoms with E-state index < -0.39 is 14.6 Å². The van der Waals surface area contributed by atoms with Crippen LogP contribution in [-0.2, 0) is 23.5 Å². The summed E-state index contributed by atoms with van der Waals surface area (Å²) in [4.78, 5) is 17.6. The van der Waals surface area contributed by atoms with Gasteiger partial charge in [-0.05, 0) is 18.1 Å². The van der Waals surface area contributed by atoms with Crippen molar-refractivity contribution in [2.75, 3.05) is 20.8 Å². The first-order valence-corrected chi connectivity index (χ1v) is 14.1. The molecular weight excluding hydrogens is 410 g/mol. The van der Waals surface area contributed by atoms with Crippen molar-refractivity contribution in [1.29, 1.82) is 0 Å². The Morgan fingerprint density at radius 1 is 1.19 bits per heavy atom. The van der Waals surface area contributed by atoms with Gasteiger partial charge in [-0.2, -0.15) is 0 Å². The summed E-state index contributed by atoms with van der Waals surface area (Å²) in [6, 6.07) is 9.90. The van der Waals surface area contributed by atoms with E-state index in [2.05, 4.69) is 47.7 Å². The predicted octanol–water partition coefficient (Wildman–Crippen LogP) is 5.17. The Hall–Kier alpha value is -1.25. The summed E-state index contributed by atoms with van der Waals surface area (Å²) < 4.78 is 19.2. The number of carbonyl (C=O) groups excluding carboxylic acids is 1. The molecule has 0 radical (unpaired) electrons. The number of ether oxygens (including phenoxy) is 2. The molecule has 176 valence electrons. The van der Waals surface area contributed by atoms with Gasteiger partial charge in [0.15, 0.2) is 14.6 Å². The fourth-order valence-corrected chi connectivity index (χ4v) is 4.61. The molecule has 1 aromatic rings. The molecule has 0 spiro atoms. The molecule has 1 fully saturated rings. The Labute approximate surface area is 189 Å². The molecule has 0 N–H and O–H groups in total. The maximum absolute atomic E-state index is 12.5. The summed E-state index contributed by atoms with van der Waals surface area (Å²) in [5, 5.41) is 1.41. The molecule has 0 bridgehead atoms. The van der Waals surface area contributed by atoms with Gasteiger partial charge in [-0.3, -0.25) is 9.63 Å². The molecule has 1 aromatic carbocycles. The van der Waals surface area contributed by atoms with Crippen molar-refractivity contribution < 1.29 is 23.5 Å². The van der Waals surface area contributed by atoms with Gasteiger partial charge in [0.25, 0.3) is 0 Å². The van der Waals surface area contributed by atoms with Crippen LogP contribution in [0, 0.1) is 11.8 Å². The van der Waals surface area contributed by atoms with Gasteiger partial charge in [0.05, 0.1) is 25.7 Å². The van der Waals surface area contributed by atoms with E-state index in [0.29, 0.717) is 6.61 Å². The Kier molecular flexibility index (Phi) is 8.87. The van der Waals surface area contributed by atoms with Crippen LogP contribution < -0.4 is 0 Å². The quantitative estimate of drug-likeness (QED) is 0.403. The van der Waals surface area contributed by atoms with Crippen molar-refractivity contribution in [3.63, 3.8) is 0 Å². The molecule has 1 saturated heterocycles. The van der Waals surface area contributed by atoms with Gasteiger partial charge < -0.3 is 13.9 Å². The van der Waals surface area contributed by atoms with Gasteiger partial charge in [0.2, 0.25) is 5.91 Å². The van der Waals surface area contributed by atoms with Crippen molar-refractivity contribution >= 4 is 14.2 Å². The molecule has 0 unspecified atom stereocenters. The van der Waals surface area contributed by atoms with E-state index in [1.165, 1.54) is 12.2 Å². The van der Waals surface area contributed by atoms with Gasteiger partial charge in [0, 0.05) is 31.1 Å². The smallest absolute Gasteiger partial charge is 0.248 e. The number of nitrogens with zero attached hydrogens (tertiary/aromatic N) is 1. The molecule has 5 atom stereocenters. The van der Waals surface area contributed by atoms with Crippen LogP contribution in [0.1, 0.15) is 52.9 Å². The standard InChI is InChI=1S/C24H41NO5Si/c1-17(16-28-31(8,9)24(3,4)5)22-18(2)20(15-21(26)25(6)27-7)29-23(30-22)19-13-11-10-12-14-19/h10-14,17-18,20,22-23H,15-16H2,1-9H3/t17-,18-,20-,22+,23-/m0/s1. The molecule has 0 aromatic heterocycles. The van der Waals surface area contributed by atoms with Crippen LogP contribution in [0.2, 0.25) is 18.1 Å². The third-order valence-electron chi connectivity index (χ3n) is 6.83. The maximum atomic E-state index is 12.5. The summed E-state index contributed by atoms with van der Waals surface area (Å²) in [5.41, 5.74) is 0.953. The van der Waals surface area contributed by atoms with Crippen LogP contribution in [0.5, 0.6) is 0 Å². The number of amides is 1. The lowest BCUT2D eigenvalue weighted by Crippen LogP contribution is -2.49. The minimum absolute atomic E-state index is 0.0344. The normalized spacial score (nSPS) is 25.8. The second-order valence-electron chi connectivity index (χ2n) is 10.2. The largest absolute Gasteiger partial charge is 0.416 e. The first kappa shape index (κ1) is 26.0. The van der Waals surface area contributed by atoms with E-state index in [-0.39, 0.29) is 41.4 Å². The molecule has 2 rings (SSSR count). The lowest BCUT2D eigenvalue weighted by molar-refractivity contribution is -0.283. The molecular formula is C24H41NO5Si. The summed E-state index contributed by atoms with van der Waals surface area (Å²) >= 11 is 0. The van der Waals surface area contributed by atoms with Crippen molar-refractivity contribution in [3.8, 4) is 0 Å².